The fourth-order valence-corrected chi connectivity index (χ4v) is 6.71. The van der Waals surface area contributed by atoms with E-state index in [1.807, 2.05) is 0 Å². The first kappa shape index (κ1) is 33.3. The summed E-state index contributed by atoms with van der Waals surface area (Å²) in [7, 11) is 0. The zero-order valence-electron chi connectivity index (χ0n) is 26.5. The first-order valence-corrected chi connectivity index (χ1v) is 16.6. The Hall–Kier alpha value is -6.18. The predicted molar refractivity (Wildman–Crippen MR) is 184 cm³/mol. The molecule has 0 spiro atoms. The van der Waals surface area contributed by atoms with Gasteiger partial charge in [-0.1, -0.05) is 66.7 Å². The lowest BCUT2D eigenvalue weighted by molar-refractivity contribution is -0.0650. The van der Waals surface area contributed by atoms with Gasteiger partial charge in [0.1, 0.15) is 23.2 Å². The van der Waals surface area contributed by atoms with Gasteiger partial charge in [0.05, 0.1) is 22.2 Å². The number of carbonyl (C=O) groups is 3. The molecule has 1 aliphatic heterocycles. The molecule has 0 saturated carbocycles. The van der Waals surface area contributed by atoms with E-state index in [0.29, 0.717) is 11.1 Å². The monoisotopic (exact) mass is 706 g/mol. The number of nitrogens with one attached hydrogen (secondary N) is 1. The van der Waals surface area contributed by atoms with Crippen LogP contribution in [0.4, 0.5) is 4.39 Å². The number of nitrogens with zero attached hydrogens (tertiary/aromatic N) is 1. The summed E-state index contributed by atoms with van der Waals surface area (Å²) in [6, 6.07) is 29.7. The van der Waals surface area contributed by atoms with Crippen LogP contribution >= 0.6 is 11.3 Å². The number of hydrogen-bond acceptors (Lipinski definition) is 10. The molecule has 4 aromatic carbocycles. The van der Waals surface area contributed by atoms with E-state index in [4.69, 9.17) is 18.9 Å². The van der Waals surface area contributed by atoms with E-state index in [0.717, 1.165) is 15.9 Å². The predicted octanol–water partition coefficient (Wildman–Crippen LogP) is 5.76. The van der Waals surface area contributed by atoms with Crippen LogP contribution in [0.1, 0.15) is 37.3 Å². The van der Waals surface area contributed by atoms with Crippen molar-refractivity contribution in [2.24, 2.45) is 0 Å². The van der Waals surface area contributed by atoms with E-state index in [-0.39, 0.29) is 26.9 Å². The average Bonchev–Trinajstić information content (AvgIpc) is 3.73. The summed E-state index contributed by atoms with van der Waals surface area (Å²) in [5.41, 5.74) is 0.119. The lowest BCUT2D eigenvalue weighted by Crippen LogP contribution is -2.45. The SMILES string of the molecule is O=C(OC[C@H]1O[C@@H](n2c(=O)[nH]c3c(-c4ccc(F)cc4)csc3c2=O)[C@H](OC(=O)c2ccccc2)[C@@H]1OC(=O)c1ccccc1)c1ccccc1. The number of aromatic nitrogens is 2. The molecule has 0 unspecified atom stereocenters. The molecule has 3 heterocycles. The normalized spacial score (nSPS) is 18.3. The zero-order chi connectivity index (χ0) is 35.5. The third-order valence-corrected chi connectivity index (χ3v) is 9.21. The van der Waals surface area contributed by atoms with Crippen LogP contribution in [0.3, 0.4) is 0 Å². The molecule has 4 atom stereocenters. The number of hydrogen-bond donors (Lipinski definition) is 1. The van der Waals surface area contributed by atoms with Gasteiger partial charge in [-0.2, -0.15) is 0 Å². The van der Waals surface area contributed by atoms with Crippen LogP contribution in [0.5, 0.6) is 0 Å². The molecule has 6 aromatic rings. The van der Waals surface area contributed by atoms with Crippen LogP contribution in [0.2, 0.25) is 0 Å². The molecule has 256 valence electrons. The molecule has 13 heteroatoms. The molecule has 1 N–H and O–H groups in total. The Balaban J connectivity index is 1.30. The number of benzene rings is 4. The summed E-state index contributed by atoms with van der Waals surface area (Å²) in [6.45, 7) is -0.501. The van der Waals surface area contributed by atoms with Gasteiger partial charge in [0.25, 0.3) is 5.56 Å². The maximum absolute atomic E-state index is 14.1. The third-order valence-electron chi connectivity index (χ3n) is 8.24. The van der Waals surface area contributed by atoms with Crippen LogP contribution < -0.4 is 11.2 Å². The van der Waals surface area contributed by atoms with Crippen molar-refractivity contribution in [1.82, 2.24) is 9.55 Å². The van der Waals surface area contributed by atoms with Gasteiger partial charge in [0.15, 0.2) is 18.4 Å². The van der Waals surface area contributed by atoms with E-state index in [1.54, 1.807) is 72.1 Å². The molecule has 0 aliphatic carbocycles. The van der Waals surface area contributed by atoms with E-state index in [9.17, 15) is 28.4 Å². The van der Waals surface area contributed by atoms with E-state index < -0.39 is 66.1 Å². The molecule has 0 radical (unpaired) electrons. The van der Waals surface area contributed by atoms with Crippen molar-refractivity contribution in [3.05, 3.63) is 164 Å². The number of carbonyl (C=O) groups excluding carboxylic acids is 3. The first-order chi connectivity index (χ1) is 24.8. The fourth-order valence-electron chi connectivity index (χ4n) is 5.75. The van der Waals surface area contributed by atoms with Crippen LogP contribution in [0.15, 0.2) is 130 Å². The smallest absolute Gasteiger partial charge is 0.338 e. The highest BCUT2D eigenvalue weighted by molar-refractivity contribution is 7.17. The van der Waals surface area contributed by atoms with Gasteiger partial charge < -0.3 is 23.9 Å². The Labute approximate surface area is 292 Å². The standard InChI is InChI=1S/C38H27FN2O9S/c39-26-18-16-22(17-19-26)27-21-51-32-29(27)40-38(46)41(33(32)42)34-31(50-37(45)25-14-8-3-9-15-25)30(49-36(44)24-12-6-2-7-13-24)28(48-34)20-47-35(43)23-10-4-1-5-11-23/h1-19,21,28,30-31,34H,20H2,(H,40,46)/t28-,30-,31-,34-/m1/s1. The van der Waals surface area contributed by atoms with Crippen molar-refractivity contribution in [3.8, 4) is 11.1 Å². The Bertz CT molecular complexity index is 2330. The molecule has 1 aliphatic rings. The Morgan fingerprint density at radius 2 is 1.25 bits per heavy atom. The second kappa shape index (κ2) is 14.4. The topological polar surface area (TPSA) is 143 Å². The minimum Gasteiger partial charge on any atom is -0.459 e. The number of rotatable bonds is 9. The average molecular weight is 707 g/mol. The fraction of sp³-hybridized carbons (Fsp3) is 0.132. The number of ether oxygens (including phenoxy) is 4. The maximum Gasteiger partial charge on any atom is 0.338 e. The van der Waals surface area contributed by atoms with Crippen LogP contribution in [0.25, 0.3) is 21.3 Å². The van der Waals surface area contributed by atoms with E-state index >= 15 is 0 Å². The highest BCUT2D eigenvalue weighted by atomic mass is 32.1. The largest absolute Gasteiger partial charge is 0.459 e. The molecule has 0 amide bonds. The van der Waals surface area contributed by atoms with Gasteiger partial charge >= 0.3 is 23.6 Å². The second-order valence-corrected chi connectivity index (χ2v) is 12.3. The minimum atomic E-state index is -1.64. The summed E-state index contributed by atoms with van der Waals surface area (Å²) in [5.74, 6) is -2.83. The highest BCUT2D eigenvalue weighted by Gasteiger charge is 2.52. The number of aromatic amines is 1. The van der Waals surface area contributed by atoms with Crippen LogP contribution in [0, 0.1) is 5.82 Å². The Kier molecular flexibility index (Phi) is 9.38. The lowest BCUT2D eigenvalue weighted by atomic mass is 10.1. The van der Waals surface area contributed by atoms with Crippen molar-refractivity contribution < 1.29 is 37.7 Å². The van der Waals surface area contributed by atoms with Gasteiger partial charge in [-0.05, 0) is 54.1 Å². The Morgan fingerprint density at radius 3 is 1.82 bits per heavy atom. The van der Waals surface area contributed by atoms with Crippen LogP contribution in [-0.4, -0.2) is 52.4 Å². The minimum absolute atomic E-state index is 0.127. The number of H-pyrrole nitrogens is 1. The maximum atomic E-state index is 14.1. The highest BCUT2D eigenvalue weighted by Crippen LogP contribution is 2.36. The van der Waals surface area contributed by atoms with Gasteiger partial charge in [0, 0.05) is 10.9 Å². The van der Waals surface area contributed by atoms with Gasteiger partial charge in [0.2, 0.25) is 0 Å². The molecule has 7 rings (SSSR count). The Morgan fingerprint density at radius 1 is 0.725 bits per heavy atom. The zero-order valence-corrected chi connectivity index (χ0v) is 27.3. The summed E-state index contributed by atoms with van der Waals surface area (Å²) < 4.78 is 38.1. The second-order valence-electron chi connectivity index (χ2n) is 11.5. The molecular formula is C38H27FN2O9S. The molecule has 1 saturated heterocycles. The molecule has 1 fully saturated rings. The molecule has 0 bridgehead atoms. The van der Waals surface area contributed by atoms with Crippen molar-refractivity contribution in [2.45, 2.75) is 24.5 Å². The van der Waals surface area contributed by atoms with Gasteiger partial charge in [-0.15, -0.1) is 11.3 Å². The summed E-state index contributed by atoms with van der Waals surface area (Å²) in [5, 5.41) is 1.65. The number of halogens is 1. The van der Waals surface area contributed by atoms with Crippen molar-refractivity contribution >= 4 is 39.5 Å². The summed E-state index contributed by atoms with van der Waals surface area (Å²) >= 11 is 1.04. The lowest BCUT2D eigenvalue weighted by Gasteiger charge is -2.24. The quantitative estimate of drug-likeness (QED) is 0.147. The van der Waals surface area contributed by atoms with E-state index in [1.165, 1.54) is 48.5 Å². The van der Waals surface area contributed by atoms with Crippen molar-refractivity contribution in [3.63, 3.8) is 0 Å². The number of thiophene rings is 1. The van der Waals surface area contributed by atoms with Crippen molar-refractivity contribution in [2.75, 3.05) is 6.61 Å². The molecule has 11 nitrogen and oxygen atoms in total. The summed E-state index contributed by atoms with van der Waals surface area (Å²) in [4.78, 5) is 70.5. The third kappa shape index (κ3) is 6.84. The van der Waals surface area contributed by atoms with Crippen LogP contribution in [-0.2, 0) is 18.9 Å². The first-order valence-electron chi connectivity index (χ1n) is 15.7. The van der Waals surface area contributed by atoms with E-state index in [2.05, 4.69) is 4.98 Å². The molecule has 51 heavy (non-hydrogen) atoms. The van der Waals surface area contributed by atoms with Gasteiger partial charge in [-0.25, -0.2) is 28.1 Å². The van der Waals surface area contributed by atoms with Crippen molar-refractivity contribution in [1.29, 1.82) is 0 Å². The number of esters is 3. The molecule has 2 aromatic heterocycles. The summed E-state index contributed by atoms with van der Waals surface area (Å²) in [6.07, 6.45) is -5.97. The number of fused-ring (bicyclic) bond motifs is 1. The van der Waals surface area contributed by atoms with Gasteiger partial charge in [-0.3, -0.25) is 4.79 Å². The molecular weight excluding hydrogens is 679 g/mol.